The molecule has 1 atom stereocenters. The van der Waals surface area contributed by atoms with Gasteiger partial charge in [-0.2, -0.15) is 0 Å². The third kappa shape index (κ3) is 3.61. The standard InChI is InChI=1S/C17H16N4OS/c1-11(18)16(22)21-17-20-15(10-23-17)14-4-2-3-13(9-14)12-5-7-19-8-6-12/h2-11H,18H2,1H3,(H,20,21,22)/t11-/m0/s1. The molecule has 0 fully saturated rings. The van der Waals surface area contributed by atoms with Crippen molar-refractivity contribution in [3.8, 4) is 22.4 Å². The number of hydrogen-bond donors (Lipinski definition) is 2. The van der Waals surface area contributed by atoms with Crippen LogP contribution in [0.15, 0.2) is 54.2 Å². The van der Waals surface area contributed by atoms with E-state index in [-0.39, 0.29) is 5.91 Å². The molecule has 0 saturated heterocycles. The summed E-state index contributed by atoms with van der Waals surface area (Å²) in [5.74, 6) is -0.239. The van der Waals surface area contributed by atoms with Crippen molar-refractivity contribution in [2.45, 2.75) is 13.0 Å². The van der Waals surface area contributed by atoms with Crippen LogP contribution in [0.25, 0.3) is 22.4 Å². The van der Waals surface area contributed by atoms with Crippen LogP contribution in [0.1, 0.15) is 6.92 Å². The number of nitrogens with one attached hydrogen (secondary N) is 1. The number of pyridine rings is 1. The fourth-order valence-corrected chi connectivity index (χ4v) is 2.81. The van der Waals surface area contributed by atoms with E-state index in [0.717, 1.165) is 22.4 Å². The Morgan fingerprint density at radius 3 is 2.65 bits per heavy atom. The van der Waals surface area contributed by atoms with E-state index < -0.39 is 6.04 Å². The van der Waals surface area contributed by atoms with Gasteiger partial charge in [0.25, 0.3) is 0 Å². The second-order valence-electron chi connectivity index (χ2n) is 5.13. The average Bonchev–Trinajstić information content (AvgIpc) is 3.04. The maximum atomic E-state index is 11.6. The van der Waals surface area contributed by atoms with E-state index in [9.17, 15) is 4.79 Å². The molecule has 3 N–H and O–H groups in total. The molecule has 0 bridgehead atoms. The molecule has 0 saturated carbocycles. The van der Waals surface area contributed by atoms with Crippen molar-refractivity contribution in [2.24, 2.45) is 5.73 Å². The number of rotatable bonds is 4. The van der Waals surface area contributed by atoms with Gasteiger partial charge < -0.3 is 11.1 Å². The fourth-order valence-electron chi connectivity index (χ4n) is 2.09. The zero-order valence-corrected chi connectivity index (χ0v) is 13.4. The van der Waals surface area contributed by atoms with Crippen molar-refractivity contribution in [3.05, 3.63) is 54.2 Å². The first-order valence-corrected chi connectivity index (χ1v) is 8.04. The maximum Gasteiger partial charge on any atom is 0.242 e. The van der Waals surface area contributed by atoms with E-state index in [4.69, 9.17) is 5.73 Å². The van der Waals surface area contributed by atoms with Gasteiger partial charge in [0.2, 0.25) is 5.91 Å². The van der Waals surface area contributed by atoms with Crippen LogP contribution in [-0.4, -0.2) is 21.9 Å². The number of nitrogens with zero attached hydrogens (tertiary/aromatic N) is 2. The SMILES string of the molecule is C[C@H](N)C(=O)Nc1nc(-c2cccc(-c3ccncc3)c2)cs1. The fraction of sp³-hybridized carbons (Fsp3) is 0.118. The number of thiazole rings is 1. The van der Waals surface area contributed by atoms with Gasteiger partial charge in [-0.25, -0.2) is 4.98 Å². The summed E-state index contributed by atoms with van der Waals surface area (Å²) >= 11 is 1.38. The van der Waals surface area contributed by atoms with Crippen LogP contribution in [0, 0.1) is 0 Å². The highest BCUT2D eigenvalue weighted by atomic mass is 32.1. The largest absolute Gasteiger partial charge is 0.320 e. The minimum absolute atomic E-state index is 0.239. The van der Waals surface area contributed by atoms with Gasteiger partial charge in [-0.1, -0.05) is 18.2 Å². The molecule has 0 radical (unpaired) electrons. The summed E-state index contributed by atoms with van der Waals surface area (Å²) in [4.78, 5) is 20.1. The summed E-state index contributed by atoms with van der Waals surface area (Å²) in [7, 11) is 0. The zero-order chi connectivity index (χ0) is 16.2. The summed E-state index contributed by atoms with van der Waals surface area (Å²) in [6.07, 6.45) is 3.54. The summed E-state index contributed by atoms with van der Waals surface area (Å²) in [5.41, 5.74) is 9.56. The number of carbonyl (C=O) groups is 1. The average molecular weight is 324 g/mol. The van der Waals surface area contributed by atoms with Gasteiger partial charge in [0.05, 0.1) is 11.7 Å². The molecule has 116 valence electrons. The number of hydrogen-bond acceptors (Lipinski definition) is 5. The van der Waals surface area contributed by atoms with E-state index in [1.54, 1.807) is 19.3 Å². The van der Waals surface area contributed by atoms with E-state index in [2.05, 4.69) is 21.4 Å². The van der Waals surface area contributed by atoms with Crippen LogP contribution in [0.2, 0.25) is 0 Å². The van der Waals surface area contributed by atoms with E-state index in [1.165, 1.54) is 11.3 Å². The zero-order valence-electron chi connectivity index (χ0n) is 12.6. The van der Waals surface area contributed by atoms with Crippen LogP contribution in [-0.2, 0) is 4.79 Å². The molecular weight excluding hydrogens is 308 g/mol. The second-order valence-corrected chi connectivity index (χ2v) is 5.99. The molecule has 3 aromatic rings. The smallest absolute Gasteiger partial charge is 0.242 e. The maximum absolute atomic E-state index is 11.6. The Kier molecular flexibility index (Phi) is 4.45. The Bertz CT molecular complexity index is 814. The monoisotopic (exact) mass is 324 g/mol. The van der Waals surface area contributed by atoms with E-state index >= 15 is 0 Å². The first-order chi connectivity index (χ1) is 11.1. The molecule has 5 nitrogen and oxygen atoms in total. The molecule has 23 heavy (non-hydrogen) atoms. The lowest BCUT2D eigenvalue weighted by Gasteiger charge is -2.04. The summed E-state index contributed by atoms with van der Waals surface area (Å²) < 4.78 is 0. The van der Waals surface area contributed by atoms with Gasteiger partial charge in [0.1, 0.15) is 0 Å². The minimum Gasteiger partial charge on any atom is -0.320 e. The van der Waals surface area contributed by atoms with Crippen LogP contribution in [0.3, 0.4) is 0 Å². The van der Waals surface area contributed by atoms with Crippen LogP contribution < -0.4 is 11.1 Å². The number of amides is 1. The molecule has 0 aliphatic carbocycles. The van der Waals surface area contributed by atoms with Crippen molar-refractivity contribution >= 4 is 22.4 Å². The van der Waals surface area contributed by atoms with Crippen LogP contribution >= 0.6 is 11.3 Å². The Balaban J connectivity index is 1.85. The molecule has 1 aromatic carbocycles. The lowest BCUT2D eigenvalue weighted by atomic mass is 10.0. The summed E-state index contributed by atoms with van der Waals surface area (Å²) in [5, 5.41) is 5.18. The van der Waals surface area contributed by atoms with Crippen LogP contribution in [0.4, 0.5) is 5.13 Å². The molecule has 6 heteroatoms. The van der Waals surface area contributed by atoms with Crippen molar-refractivity contribution in [3.63, 3.8) is 0 Å². The number of carbonyl (C=O) groups excluding carboxylic acids is 1. The summed E-state index contributed by atoms with van der Waals surface area (Å²) in [6, 6.07) is 11.5. The number of benzene rings is 1. The quantitative estimate of drug-likeness (QED) is 0.772. The predicted molar refractivity (Wildman–Crippen MR) is 93.1 cm³/mol. The Morgan fingerprint density at radius 1 is 1.17 bits per heavy atom. The van der Waals surface area contributed by atoms with E-state index in [1.807, 2.05) is 35.7 Å². The number of aromatic nitrogens is 2. The molecular formula is C17H16N4OS. The molecule has 0 spiro atoms. The van der Waals surface area contributed by atoms with Gasteiger partial charge in [0.15, 0.2) is 5.13 Å². The van der Waals surface area contributed by atoms with Crippen molar-refractivity contribution in [1.29, 1.82) is 0 Å². The Morgan fingerprint density at radius 2 is 1.91 bits per heavy atom. The summed E-state index contributed by atoms with van der Waals surface area (Å²) in [6.45, 7) is 1.64. The Hall–Kier alpha value is -2.57. The van der Waals surface area contributed by atoms with E-state index in [0.29, 0.717) is 5.13 Å². The molecule has 0 aliphatic rings. The third-order valence-electron chi connectivity index (χ3n) is 3.32. The highest BCUT2D eigenvalue weighted by Crippen LogP contribution is 2.28. The molecule has 3 rings (SSSR count). The van der Waals surface area contributed by atoms with Gasteiger partial charge in [0, 0.05) is 23.3 Å². The topological polar surface area (TPSA) is 80.9 Å². The lowest BCUT2D eigenvalue weighted by Crippen LogP contribution is -2.32. The first-order valence-electron chi connectivity index (χ1n) is 7.16. The van der Waals surface area contributed by atoms with Crippen molar-refractivity contribution < 1.29 is 4.79 Å². The first kappa shape index (κ1) is 15.3. The number of anilines is 1. The highest BCUT2D eigenvalue weighted by Gasteiger charge is 2.11. The predicted octanol–water partition coefficient (Wildman–Crippen LogP) is 3.16. The van der Waals surface area contributed by atoms with Gasteiger partial charge in [-0.3, -0.25) is 9.78 Å². The molecule has 0 aliphatic heterocycles. The van der Waals surface area contributed by atoms with Gasteiger partial charge in [-0.15, -0.1) is 11.3 Å². The van der Waals surface area contributed by atoms with Gasteiger partial charge >= 0.3 is 0 Å². The third-order valence-corrected chi connectivity index (χ3v) is 4.08. The lowest BCUT2D eigenvalue weighted by molar-refractivity contribution is -0.117. The number of nitrogens with two attached hydrogens (primary N) is 1. The molecule has 2 aromatic heterocycles. The van der Waals surface area contributed by atoms with Crippen molar-refractivity contribution in [1.82, 2.24) is 9.97 Å². The van der Waals surface area contributed by atoms with Gasteiger partial charge in [-0.05, 0) is 36.2 Å². The van der Waals surface area contributed by atoms with Crippen LogP contribution in [0.5, 0.6) is 0 Å². The molecule has 0 unspecified atom stereocenters. The van der Waals surface area contributed by atoms with Crippen molar-refractivity contribution in [2.75, 3.05) is 5.32 Å². The molecule has 2 heterocycles. The Labute approximate surface area is 138 Å². The normalized spacial score (nSPS) is 11.9. The second kappa shape index (κ2) is 6.68. The molecule has 1 amide bonds. The minimum atomic E-state index is -0.558. The highest BCUT2D eigenvalue weighted by molar-refractivity contribution is 7.14.